The first-order chi connectivity index (χ1) is 8.60. The van der Waals surface area contributed by atoms with E-state index in [1.54, 1.807) is 24.3 Å². The highest BCUT2D eigenvalue weighted by atomic mass is 16.5. The highest BCUT2D eigenvalue weighted by molar-refractivity contribution is 6.46. The van der Waals surface area contributed by atoms with Gasteiger partial charge < -0.3 is 15.8 Å². The van der Waals surface area contributed by atoms with Crippen LogP contribution in [0, 0.1) is 0 Å². The van der Waals surface area contributed by atoms with Crippen LogP contribution in [0.3, 0.4) is 0 Å². The number of hydrogen-bond acceptors (Lipinski definition) is 5. The van der Waals surface area contributed by atoms with Gasteiger partial charge in [0.1, 0.15) is 5.76 Å². The lowest BCUT2D eigenvalue weighted by Gasteiger charge is -2.15. The second kappa shape index (κ2) is 4.75. The third kappa shape index (κ3) is 2.40. The molecule has 3 N–H and O–H groups in total. The Bertz CT molecular complexity index is 556. The van der Waals surface area contributed by atoms with E-state index in [1.165, 1.54) is 19.3 Å². The molecular weight excluding hydrogens is 232 g/mol. The minimum Gasteiger partial charge on any atom is -0.494 e. The summed E-state index contributed by atoms with van der Waals surface area (Å²) in [5, 5.41) is 3.00. The van der Waals surface area contributed by atoms with E-state index >= 15 is 0 Å². The SMILES string of the molecule is COC1=CC(=O)C(=O)C=C1Nc1ccc(N)cc1. The second-order valence-corrected chi connectivity index (χ2v) is 3.75. The predicted molar refractivity (Wildman–Crippen MR) is 67.7 cm³/mol. The van der Waals surface area contributed by atoms with E-state index in [2.05, 4.69) is 5.32 Å². The smallest absolute Gasteiger partial charge is 0.229 e. The van der Waals surface area contributed by atoms with Gasteiger partial charge in [0.05, 0.1) is 12.8 Å². The predicted octanol–water partition coefficient (Wildman–Crippen LogP) is 1.25. The summed E-state index contributed by atoms with van der Waals surface area (Å²) in [6.45, 7) is 0. The Labute approximate surface area is 104 Å². The molecule has 5 nitrogen and oxygen atoms in total. The maximum absolute atomic E-state index is 11.3. The molecule has 0 bridgehead atoms. The van der Waals surface area contributed by atoms with Crippen molar-refractivity contribution in [3.63, 3.8) is 0 Å². The zero-order chi connectivity index (χ0) is 13.1. The van der Waals surface area contributed by atoms with Gasteiger partial charge in [0.25, 0.3) is 0 Å². The Kier molecular flexibility index (Phi) is 3.14. The molecule has 0 spiro atoms. The minimum atomic E-state index is -0.588. The van der Waals surface area contributed by atoms with Crippen molar-refractivity contribution in [3.8, 4) is 0 Å². The quantitative estimate of drug-likeness (QED) is 0.475. The monoisotopic (exact) mass is 244 g/mol. The van der Waals surface area contributed by atoms with E-state index in [4.69, 9.17) is 10.5 Å². The molecule has 5 heteroatoms. The van der Waals surface area contributed by atoms with Crippen LogP contribution >= 0.6 is 0 Å². The molecule has 2 rings (SSSR count). The Morgan fingerprint density at radius 1 is 1.06 bits per heavy atom. The number of ether oxygens (including phenoxy) is 1. The summed E-state index contributed by atoms with van der Waals surface area (Å²) in [4.78, 5) is 22.5. The molecule has 92 valence electrons. The molecule has 0 aliphatic heterocycles. The number of carbonyl (C=O) groups excluding carboxylic acids is 2. The summed E-state index contributed by atoms with van der Waals surface area (Å²) in [5.74, 6) is -0.833. The molecule has 0 atom stereocenters. The average molecular weight is 244 g/mol. The molecule has 0 radical (unpaired) electrons. The fourth-order valence-corrected chi connectivity index (χ4v) is 1.53. The number of anilines is 2. The molecule has 0 saturated carbocycles. The first kappa shape index (κ1) is 11.9. The molecular formula is C13H12N2O3. The molecule has 1 aliphatic rings. The van der Waals surface area contributed by atoms with Gasteiger partial charge in [-0.25, -0.2) is 0 Å². The molecule has 0 fully saturated rings. The van der Waals surface area contributed by atoms with Crippen molar-refractivity contribution >= 4 is 22.9 Å². The summed E-state index contributed by atoms with van der Waals surface area (Å²) in [7, 11) is 1.44. The van der Waals surface area contributed by atoms with E-state index < -0.39 is 11.6 Å². The highest BCUT2D eigenvalue weighted by Gasteiger charge is 2.20. The lowest BCUT2D eigenvalue weighted by atomic mass is 10.1. The molecule has 0 unspecified atom stereocenters. The first-order valence-corrected chi connectivity index (χ1v) is 5.29. The Balaban J connectivity index is 2.25. The zero-order valence-corrected chi connectivity index (χ0v) is 9.77. The molecule has 1 aromatic carbocycles. The lowest BCUT2D eigenvalue weighted by molar-refractivity contribution is -0.131. The summed E-state index contributed by atoms with van der Waals surface area (Å²) in [6, 6.07) is 7.00. The molecule has 1 aliphatic carbocycles. The normalized spacial score (nSPS) is 14.9. The lowest BCUT2D eigenvalue weighted by Crippen LogP contribution is -2.19. The van der Waals surface area contributed by atoms with E-state index in [9.17, 15) is 9.59 Å². The number of nitrogens with one attached hydrogen (secondary N) is 1. The van der Waals surface area contributed by atoms with E-state index in [1.807, 2.05) is 0 Å². The number of hydrogen-bond donors (Lipinski definition) is 2. The van der Waals surface area contributed by atoms with Gasteiger partial charge in [0, 0.05) is 23.5 Å². The second-order valence-electron chi connectivity index (χ2n) is 3.75. The van der Waals surface area contributed by atoms with Crippen LogP contribution in [0.2, 0.25) is 0 Å². The number of allylic oxidation sites excluding steroid dienone is 2. The van der Waals surface area contributed by atoms with Gasteiger partial charge in [-0.2, -0.15) is 0 Å². The van der Waals surface area contributed by atoms with Gasteiger partial charge in [-0.05, 0) is 24.3 Å². The van der Waals surface area contributed by atoms with Gasteiger partial charge in [0.15, 0.2) is 0 Å². The summed E-state index contributed by atoms with van der Waals surface area (Å²) in [6.07, 6.45) is 2.39. The summed E-state index contributed by atoms with van der Waals surface area (Å²) in [5.41, 5.74) is 7.42. The van der Waals surface area contributed by atoms with Gasteiger partial charge >= 0.3 is 0 Å². The third-order valence-electron chi connectivity index (χ3n) is 2.46. The van der Waals surface area contributed by atoms with Crippen molar-refractivity contribution < 1.29 is 14.3 Å². The molecule has 0 aromatic heterocycles. The number of ketones is 2. The van der Waals surface area contributed by atoms with Crippen molar-refractivity contribution in [1.29, 1.82) is 0 Å². The van der Waals surface area contributed by atoms with Crippen LogP contribution in [0.25, 0.3) is 0 Å². The van der Waals surface area contributed by atoms with Gasteiger partial charge in [-0.15, -0.1) is 0 Å². The van der Waals surface area contributed by atoms with Gasteiger partial charge in [-0.3, -0.25) is 9.59 Å². The Morgan fingerprint density at radius 3 is 2.28 bits per heavy atom. The zero-order valence-electron chi connectivity index (χ0n) is 9.77. The fraction of sp³-hybridized carbons (Fsp3) is 0.0769. The van der Waals surface area contributed by atoms with Crippen molar-refractivity contribution in [3.05, 3.63) is 47.9 Å². The number of methoxy groups -OCH3 is 1. The third-order valence-corrected chi connectivity index (χ3v) is 2.46. The van der Waals surface area contributed by atoms with Gasteiger partial charge in [0.2, 0.25) is 11.6 Å². The maximum atomic E-state index is 11.3. The summed E-state index contributed by atoms with van der Waals surface area (Å²) < 4.78 is 5.05. The van der Waals surface area contributed by atoms with Crippen LogP contribution in [0.5, 0.6) is 0 Å². The largest absolute Gasteiger partial charge is 0.494 e. The summed E-state index contributed by atoms with van der Waals surface area (Å²) >= 11 is 0. The number of nitrogen functional groups attached to an aromatic ring is 1. The van der Waals surface area contributed by atoms with Crippen LogP contribution in [0.1, 0.15) is 0 Å². The fourth-order valence-electron chi connectivity index (χ4n) is 1.53. The Morgan fingerprint density at radius 2 is 1.67 bits per heavy atom. The maximum Gasteiger partial charge on any atom is 0.229 e. The van der Waals surface area contributed by atoms with Crippen molar-refractivity contribution in [2.75, 3.05) is 18.2 Å². The van der Waals surface area contributed by atoms with Crippen LogP contribution < -0.4 is 11.1 Å². The molecule has 1 aromatic rings. The molecule has 18 heavy (non-hydrogen) atoms. The van der Waals surface area contributed by atoms with Gasteiger partial charge in [-0.1, -0.05) is 0 Å². The van der Waals surface area contributed by atoms with E-state index in [0.29, 0.717) is 17.1 Å². The first-order valence-electron chi connectivity index (χ1n) is 5.29. The van der Waals surface area contributed by atoms with Crippen LogP contribution in [-0.4, -0.2) is 18.7 Å². The topological polar surface area (TPSA) is 81.4 Å². The Hall–Kier alpha value is -2.56. The number of benzene rings is 1. The van der Waals surface area contributed by atoms with Crippen molar-refractivity contribution in [2.45, 2.75) is 0 Å². The van der Waals surface area contributed by atoms with Crippen LogP contribution in [-0.2, 0) is 14.3 Å². The molecule has 0 heterocycles. The van der Waals surface area contributed by atoms with E-state index in [0.717, 1.165) is 5.69 Å². The van der Waals surface area contributed by atoms with Crippen molar-refractivity contribution in [1.82, 2.24) is 0 Å². The standard InChI is InChI=1S/C13H12N2O3/c1-18-13-7-12(17)11(16)6-10(13)15-9-4-2-8(14)3-5-9/h2-7,15H,14H2,1H3. The van der Waals surface area contributed by atoms with Crippen molar-refractivity contribution in [2.24, 2.45) is 0 Å². The minimum absolute atomic E-state index is 0.330. The number of carbonyl (C=O) groups is 2. The van der Waals surface area contributed by atoms with Crippen LogP contribution in [0.15, 0.2) is 47.9 Å². The number of rotatable bonds is 3. The molecule has 0 amide bonds. The average Bonchev–Trinajstić information content (AvgIpc) is 2.36. The molecule has 0 saturated heterocycles. The van der Waals surface area contributed by atoms with E-state index in [-0.39, 0.29) is 0 Å². The highest BCUT2D eigenvalue weighted by Crippen LogP contribution is 2.20. The number of nitrogens with two attached hydrogens (primary N) is 1. The van der Waals surface area contributed by atoms with Crippen LogP contribution in [0.4, 0.5) is 11.4 Å².